The third-order valence-corrected chi connectivity index (χ3v) is 10.2. The SMILES string of the molecule is Nc1nc2c(nnn2C(c2ccccc2)(c2ccccc2)c2ccccc2)c(Br)c1C(c1ccccc1)(c1ccccc1)c1ccccc1. The van der Waals surface area contributed by atoms with Crippen LogP contribution < -0.4 is 5.73 Å². The van der Waals surface area contributed by atoms with Crippen LogP contribution in [0.1, 0.15) is 38.9 Å². The van der Waals surface area contributed by atoms with Gasteiger partial charge in [-0.1, -0.05) is 187 Å². The Morgan fingerprint density at radius 3 is 1.14 bits per heavy atom. The molecule has 2 heterocycles. The first-order chi connectivity index (χ1) is 24.2. The van der Waals surface area contributed by atoms with Crippen LogP contribution in [0.3, 0.4) is 0 Å². The molecule has 2 aromatic heterocycles. The van der Waals surface area contributed by atoms with Gasteiger partial charge < -0.3 is 5.73 Å². The van der Waals surface area contributed by atoms with Crippen molar-refractivity contribution in [3.8, 4) is 0 Å². The Morgan fingerprint density at radius 1 is 0.469 bits per heavy atom. The van der Waals surface area contributed by atoms with Gasteiger partial charge in [-0.05, 0) is 49.3 Å². The number of fused-ring (bicyclic) bond motifs is 1. The maximum Gasteiger partial charge on any atom is 0.183 e. The lowest BCUT2D eigenvalue weighted by Gasteiger charge is -2.38. The van der Waals surface area contributed by atoms with Crippen LogP contribution in [0.2, 0.25) is 0 Å². The molecule has 0 atom stereocenters. The van der Waals surface area contributed by atoms with E-state index in [1.54, 1.807) is 0 Å². The molecule has 0 saturated heterocycles. The number of anilines is 1. The van der Waals surface area contributed by atoms with Gasteiger partial charge in [0.1, 0.15) is 16.9 Å². The summed E-state index contributed by atoms with van der Waals surface area (Å²) < 4.78 is 2.67. The van der Waals surface area contributed by atoms with Gasteiger partial charge in [0.05, 0.1) is 9.89 Å². The van der Waals surface area contributed by atoms with Gasteiger partial charge in [-0.25, -0.2) is 9.67 Å². The average molecular weight is 699 g/mol. The number of halogens is 1. The fourth-order valence-electron chi connectivity index (χ4n) is 7.41. The van der Waals surface area contributed by atoms with E-state index in [2.05, 4.69) is 162 Å². The monoisotopic (exact) mass is 697 g/mol. The molecule has 0 aliphatic rings. The molecule has 236 valence electrons. The molecule has 0 aliphatic heterocycles. The van der Waals surface area contributed by atoms with Crippen LogP contribution in [0.25, 0.3) is 11.2 Å². The molecule has 0 amide bonds. The summed E-state index contributed by atoms with van der Waals surface area (Å²) in [7, 11) is 0. The number of nitrogens with zero attached hydrogens (tertiary/aromatic N) is 4. The number of nitrogen functional groups attached to an aromatic ring is 1. The van der Waals surface area contributed by atoms with Crippen LogP contribution in [0.4, 0.5) is 5.82 Å². The Morgan fingerprint density at radius 2 is 0.796 bits per heavy atom. The summed E-state index contributed by atoms with van der Waals surface area (Å²) in [5.74, 6) is 0.377. The molecule has 5 nitrogen and oxygen atoms in total. The normalized spacial score (nSPS) is 11.9. The topological polar surface area (TPSA) is 69.6 Å². The Hall–Kier alpha value is -5.85. The van der Waals surface area contributed by atoms with Crippen molar-refractivity contribution in [1.82, 2.24) is 20.0 Å². The minimum Gasteiger partial charge on any atom is -0.383 e. The van der Waals surface area contributed by atoms with E-state index < -0.39 is 11.0 Å². The minimum absolute atomic E-state index is 0.377. The fourth-order valence-corrected chi connectivity index (χ4v) is 8.16. The van der Waals surface area contributed by atoms with Crippen molar-refractivity contribution in [2.75, 3.05) is 5.73 Å². The summed E-state index contributed by atoms with van der Waals surface area (Å²) >= 11 is 4.07. The van der Waals surface area contributed by atoms with Gasteiger partial charge in [-0.15, -0.1) is 5.10 Å². The van der Waals surface area contributed by atoms with Gasteiger partial charge in [0, 0.05) is 5.56 Å². The van der Waals surface area contributed by atoms with Gasteiger partial charge in [-0.2, -0.15) is 0 Å². The maximum absolute atomic E-state index is 7.26. The summed E-state index contributed by atoms with van der Waals surface area (Å²) in [6, 6.07) is 62.6. The zero-order valence-corrected chi connectivity index (χ0v) is 28.2. The van der Waals surface area contributed by atoms with Crippen LogP contribution in [-0.4, -0.2) is 20.0 Å². The number of hydrogen-bond donors (Lipinski definition) is 1. The molecule has 0 spiro atoms. The van der Waals surface area contributed by atoms with Crippen molar-refractivity contribution in [3.05, 3.63) is 225 Å². The molecular weight excluding hydrogens is 666 g/mol. The first-order valence-corrected chi connectivity index (χ1v) is 17.0. The highest BCUT2D eigenvalue weighted by Crippen LogP contribution is 2.51. The van der Waals surface area contributed by atoms with Gasteiger partial charge in [-0.3, -0.25) is 0 Å². The van der Waals surface area contributed by atoms with Crippen molar-refractivity contribution in [1.29, 1.82) is 0 Å². The highest BCUT2D eigenvalue weighted by atomic mass is 79.9. The van der Waals surface area contributed by atoms with Crippen LogP contribution in [0, 0.1) is 0 Å². The van der Waals surface area contributed by atoms with Crippen LogP contribution in [-0.2, 0) is 11.0 Å². The molecule has 2 N–H and O–H groups in total. The summed E-state index contributed by atoms with van der Waals surface area (Å²) in [6.45, 7) is 0. The van der Waals surface area contributed by atoms with E-state index in [-0.39, 0.29) is 0 Å². The molecule has 6 aromatic carbocycles. The average Bonchev–Trinajstić information content (AvgIpc) is 3.60. The molecule has 0 aliphatic carbocycles. The fraction of sp³-hybridized carbons (Fsp3) is 0.0465. The van der Waals surface area contributed by atoms with E-state index >= 15 is 0 Å². The molecule has 0 fully saturated rings. The van der Waals surface area contributed by atoms with Gasteiger partial charge >= 0.3 is 0 Å². The number of nitrogens with two attached hydrogens (primary N) is 1. The standard InChI is InChI=1S/C43H32BrN5/c44-38-37(42(31-19-7-1-8-20-31,32-21-9-2-10-22-32)33-23-11-3-12-24-33)40(45)46-41-39(38)47-48-49(41)43(34-25-13-4-14-26-34,35-27-15-5-16-28-35)36-29-17-6-18-30-36/h1-30H,(H2,45,46). The van der Waals surface area contributed by atoms with Gasteiger partial charge in [0.2, 0.25) is 0 Å². The minimum atomic E-state index is -0.908. The van der Waals surface area contributed by atoms with Crippen molar-refractivity contribution in [2.24, 2.45) is 0 Å². The van der Waals surface area contributed by atoms with E-state index in [0.717, 1.165) is 43.4 Å². The molecule has 0 unspecified atom stereocenters. The second-order valence-electron chi connectivity index (χ2n) is 12.0. The molecule has 0 radical (unpaired) electrons. The van der Waals surface area contributed by atoms with Crippen molar-refractivity contribution < 1.29 is 0 Å². The molecule has 49 heavy (non-hydrogen) atoms. The smallest absolute Gasteiger partial charge is 0.183 e. The summed E-state index contributed by atoms with van der Waals surface area (Å²) in [5.41, 5.74) is 13.7. The van der Waals surface area contributed by atoms with Gasteiger partial charge in [0.15, 0.2) is 5.65 Å². The number of hydrogen-bond acceptors (Lipinski definition) is 4. The Kier molecular flexibility index (Phi) is 7.86. The van der Waals surface area contributed by atoms with E-state index in [4.69, 9.17) is 21.0 Å². The lowest BCUT2D eigenvalue weighted by Crippen LogP contribution is -2.39. The van der Waals surface area contributed by atoms with Crippen LogP contribution >= 0.6 is 15.9 Å². The summed E-state index contributed by atoms with van der Waals surface area (Å²) in [4.78, 5) is 5.27. The molecule has 0 saturated carbocycles. The number of rotatable bonds is 8. The second-order valence-corrected chi connectivity index (χ2v) is 12.8. The van der Waals surface area contributed by atoms with E-state index in [1.807, 2.05) is 41.1 Å². The second kappa shape index (κ2) is 12.6. The first kappa shape index (κ1) is 30.5. The predicted octanol–water partition coefficient (Wildman–Crippen LogP) is 9.39. The zero-order valence-electron chi connectivity index (χ0n) is 26.6. The van der Waals surface area contributed by atoms with E-state index in [9.17, 15) is 0 Å². The molecular formula is C43H32BrN5. The predicted molar refractivity (Wildman–Crippen MR) is 200 cm³/mol. The maximum atomic E-state index is 7.26. The molecule has 8 aromatic rings. The number of benzene rings is 6. The lowest BCUT2D eigenvalue weighted by atomic mass is 9.65. The summed E-state index contributed by atoms with van der Waals surface area (Å²) in [5, 5.41) is 9.86. The van der Waals surface area contributed by atoms with Gasteiger partial charge in [0.25, 0.3) is 0 Å². The van der Waals surface area contributed by atoms with Crippen LogP contribution in [0.5, 0.6) is 0 Å². The summed E-state index contributed by atoms with van der Waals surface area (Å²) in [6.07, 6.45) is 0. The van der Waals surface area contributed by atoms with E-state index in [0.29, 0.717) is 17.0 Å². The third-order valence-electron chi connectivity index (χ3n) is 9.44. The third kappa shape index (κ3) is 4.79. The van der Waals surface area contributed by atoms with Crippen molar-refractivity contribution in [3.63, 3.8) is 0 Å². The largest absolute Gasteiger partial charge is 0.383 e. The van der Waals surface area contributed by atoms with Crippen LogP contribution in [0.15, 0.2) is 186 Å². The molecule has 6 heteroatoms. The van der Waals surface area contributed by atoms with Crippen molar-refractivity contribution >= 4 is 32.9 Å². The highest BCUT2D eigenvalue weighted by Gasteiger charge is 2.45. The quantitative estimate of drug-likeness (QED) is 0.161. The number of pyridine rings is 1. The Labute approximate surface area is 293 Å². The lowest BCUT2D eigenvalue weighted by molar-refractivity contribution is 0.458. The van der Waals surface area contributed by atoms with E-state index in [1.165, 1.54) is 0 Å². The highest BCUT2D eigenvalue weighted by molar-refractivity contribution is 9.10. The molecule has 0 bridgehead atoms. The zero-order chi connectivity index (χ0) is 33.3. The Bertz CT molecular complexity index is 2140. The van der Waals surface area contributed by atoms with Crippen molar-refractivity contribution in [2.45, 2.75) is 11.0 Å². The first-order valence-electron chi connectivity index (χ1n) is 16.2. The Balaban J connectivity index is 1.50. The number of aromatic nitrogens is 4. The molecule has 8 rings (SSSR count).